The summed E-state index contributed by atoms with van der Waals surface area (Å²) in [6, 6.07) is 9.81. The van der Waals surface area contributed by atoms with Crippen LogP contribution in [0.2, 0.25) is 15.1 Å². The van der Waals surface area contributed by atoms with Crippen LogP contribution in [-0.4, -0.2) is 18.7 Å². The molecule has 8 heteroatoms. The first-order valence-corrected chi connectivity index (χ1v) is 8.69. The van der Waals surface area contributed by atoms with Gasteiger partial charge in [-0.05, 0) is 42.0 Å². The number of furan rings is 1. The minimum Gasteiger partial charge on any atom is -0.478 e. The molecule has 0 saturated heterocycles. The summed E-state index contributed by atoms with van der Waals surface area (Å²) in [6.07, 6.45) is 6.53. The van der Waals surface area contributed by atoms with E-state index in [0.29, 0.717) is 21.9 Å². The zero-order valence-corrected chi connectivity index (χ0v) is 15.9. The SMILES string of the molecule is C#CCOc1c(Cl)cc(C=NNC(=O)c2cc3cc(Cl)ccc3o2)cc1Cl. The van der Waals surface area contributed by atoms with E-state index in [-0.39, 0.29) is 22.4 Å². The summed E-state index contributed by atoms with van der Waals surface area (Å²) in [4.78, 5) is 12.2. The highest BCUT2D eigenvalue weighted by Crippen LogP contribution is 2.33. The van der Waals surface area contributed by atoms with Crippen molar-refractivity contribution in [3.8, 4) is 18.1 Å². The summed E-state index contributed by atoms with van der Waals surface area (Å²) in [6.45, 7) is 0.0473. The van der Waals surface area contributed by atoms with Gasteiger partial charge in [-0.2, -0.15) is 5.10 Å². The highest BCUT2D eigenvalue weighted by Gasteiger charge is 2.12. The van der Waals surface area contributed by atoms with Gasteiger partial charge in [-0.1, -0.05) is 40.7 Å². The van der Waals surface area contributed by atoms with Crippen molar-refractivity contribution in [1.82, 2.24) is 5.43 Å². The van der Waals surface area contributed by atoms with Gasteiger partial charge in [0.15, 0.2) is 11.5 Å². The molecule has 2 aromatic carbocycles. The summed E-state index contributed by atoms with van der Waals surface area (Å²) in [5.74, 6) is 2.22. The highest BCUT2D eigenvalue weighted by atomic mass is 35.5. The first-order valence-electron chi connectivity index (χ1n) is 7.55. The maximum Gasteiger partial charge on any atom is 0.307 e. The lowest BCUT2D eigenvalue weighted by molar-refractivity contribution is 0.0929. The van der Waals surface area contributed by atoms with Crippen molar-refractivity contribution in [2.75, 3.05) is 6.61 Å². The molecule has 0 bridgehead atoms. The molecule has 0 fully saturated rings. The summed E-state index contributed by atoms with van der Waals surface area (Å²) in [7, 11) is 0. The number of hydrogen-bond donors (Lipinski definition) is 1. The fraction of sp³-hybridized carbons (Fsp3) is 0.0526. The molecule has 0 unspecified atom stereocenters. The first-order chi connectivity index (χ1) is 13.0. The number of halogens is 3. The van der Waals surface area contributed by atoms with Crippen LogP contribution in [0, 0.1) is 12.3 Å². The summed E-state index contributed by atoms with van der Waals surface area (Å²) >= 11 is 18.1. The van der Waals surface area contributed by atoms with Gasteiger partial charge in [-0.15, -0.1) is 6.42 Å². The molecule has 1 amide bonds. The molecule has 27 heavy (non-hydrogen) atoms. The van der Waals surface area contributed by atoms with E-state index in [9.17, 15) is 4.79 Å². The van der Waals surface area contributed by atoms with E-state index in [1.54, 1.807) is 36.4 Å². The number of amides is 1. The fourth-order valence-corrected chi connectivity index (χ4v) is 3.05. The van der Waals surface area contributed by atoms with E-state index in [0.717, 1.165) is 5.39 Å². The van der Waals surface area contributed by atoms with Crippen LogP contribution in [-0.2, 0) is 0 Å². The van der Waals surface area contributed by atoms with Crippen molar-refractivity contribution in [3.05, 3.63) is 62.8 Å². The molecule has 0 saturated carbocycles. The predicted octanol–water partition coefficient (Wildman–Crippen LogP) is 5.17. The first kappa shape index (κ1) is 19.1. The number of carbonyl (C=O) groups is 1. The van der Waals surface area contributed by atoms with Crippen molar-refractivity contribution < 1.29 is 13.9 Å². The molecule has 3 aromatic rings. The van der Waals surface area contributed by atoms with Gasteiger partial charge >= 0.3 is 5.91 Å². The van der Waals surface area contributed by atoms with Gasteiger partial charge < -0.3 is 9.15 Å². The molecule has 0 aliphatic heterocycles. The normalized spacial score (nSPS) is 10.9. The number of benzene rings is 2. The second kappa shape index (κ2) is 8.36. The Morgan fingerprint density at radius 1 is 1.22 bits per heavy atom. The fourth-order valence-electron chi connectivity index (χ4n) is 2.25. The minimum atomic E-state index is -0.510. The molecule has 0 radical (unpaired) electrons. The van der Waals surface area contributed by atoms with Crippen LogP contribution in [0.4, 0.5) is 0 Å². The molecule has 0 atom stereocenters. The Kier molecular flexibility index (Phi) is 5.92. The van der Waals surface area contributed by atoms with Crippen molar-refractivity contribution in [3.63, 3.8) is 0 Å². The lowest BCUT2D eigenvalue weighted by atomic mass is 10.2. The number of fused-ring (bicyclic) bond motifs is 1. The number of terminal acetylenes is 1. The number of ether oxygens (including phenoxy) is 1. The maximum absolute atomic E-state index is 12.2. The second-order valence-corrected chi connectivity index (χ2v) is 6.55. The van der Waals surface area contributed by atoms with E-state index in [1.165, 1.54) is 6.21 Å². The Bertz CT molecular complexity index is 1060. The van der Waals surface area contributed by atoms with Crippen molar-refractivity contribution in [1.29, 1.82) is 0 Å². The Morgan fingerprint density at radius 2 is 1.96 bits per heavy atom. The molecule has 3 rings (SSSR count). The molecule has 0 spiro atoms. The summed E-state index contributed by atoms with van der Waals surface area (Å²) in [5.41, 5.74) is 3.49. The largest absolute Gasteiger partial charge is 0.478 e. The van der Waals surface area contributed by atoms with Gasteiger partial charge in [-0.25, -0.2) is 5.43 Å². The molecule has 1 N–H and O–H groups in total. The number of nitrogens with one attached hydrogen (secondary N) is 1. The van der Waals surface area contributed by atoms with Crippen LogP contribution in [0.15, 0.2) is 45.9 Å². The summed E-state index contributed by atoms with van der Waals surface area (Å²) in [5, 5.41) is 5.71. The van der Waals surface area contributed by atoms with E-state index < -0.39 is 5.91 Å². The topological polar surface area (TPSA) is 63.8 Å². The lowest BCUT2D eigenvalue weighted by Crippen LogP contribution is -2.16. The number of nitrogens with zero attached hydrogens (tertiary/aromatic N) is 1. The molecule has 136 valence electrons. The number of rotatable bonds is 5. The van der Waals surface area contributed by atoms with E-state index in [2.05, 4.69) is 16.4 Å². The van der Waals surface area contributed by atoms with Gasteiger partial charge in [0.25, 0.3) is 0 Å². The Morgan fingerprint density at radius 3 is 2.67 bits per heavy atom. The van der Waals surface area contributed by atoms with Gasteiger partial charge in [0.1, 0.15) is 12.2 Å². The molecule has 0 aliphatic carbocycles. The van der Waals surface area contributed by atoms with Crippen LogP contribution in [0.25, 0.3) is 11.0 Å². The highest BCUT2D eigenvalue weighted by molar-refractivity contribution is 6.37. The third kappa shape index (κ3) is 4.55. The zero-order valence-electron chi connectivity index (χ0n) is 13.6. The standard InChI is InChI=1S/C19H11Cl3N2O3/c1-2-5-26-18-14(21)6-11(7-15(18)22)10-23-24-19(25)17-9-12-8-13(20)3-4-16(12)27-17/h1,3-4,6-10H,5H2,(H,24,25). The third-order valence-electron chi connectivity index (χ3n) is 3.40. The van der Waals surface area contributed by atoms with Crippen molar-refractivity contribution in [2.45, 2.75) is 0 Å². The number of hydrazone groups is 1. The molecule has 5 nitrogen and oxygen atoms in total. The van der Waals surface area contributed by atoms with E-state index in [1.807, 2.05) is 0 Å². The lowest BCUT2D eigenvalue weighted by Gasteiger charge is -2.08. The smallest absolute Gasteiger partial charge is 0.307 e. The second-order valence-electron chi connectivity index (χ2n) is 5.30. The predicted molar refractivity (Wildman–Crippen MR) is 107 cm³/mol. The Hall–Kier alpha value is -2.65. The quantitative estimate of drug-likeness (QED) is 0.351. The summed E-state index contributed by atoms with van der Waals surface area (Å²) < 4.78 is 10.7. The van der Waals surface area contributed by atoms with Crippen molar-refractivity contribution >= 4 is 57.9 Å². The molecule has 1 aromatic heterocycles. The van der Waals surface area contributed by atoms with Crippen molar-refractivity contribution in [2.24, 2.45) is 5.10 Å². The van der Waals surface area contributed by atoms with Crippen LogP contribution in [0.3, 0.4) is 0 Å². The van der Waals surface area contributed by atoms with E-state index in [4.69, 9.17) is 50.4 Å². The average molecular weight is 422 g/mol. The van der Waals surface area contributed by atoms with Crippen LogP contribution < -0.4 is 10.2 Å². The average Bonchev–Trinajstić information content (AvgIpc) is 3.04. The van der Waals surface area contributed by atoms with Gasteiger partial charge in [-0.3, -0.25) is 4.79 Å². The monoisotopic (exact) mass is 420 g/mol. The van der Waals surface area contributed by atoms with Crippen LogP contribution in [0.5, 0.6) is 5.75 Å². The molecule has 1 heterocycles. The Labute approximate surface area is 169 Å². The number of hydrogen-bond acceptors (Lipinski definition) is 4. The molecular weight excluding hydrogens is 411 g/mol. The van der Waals surface area contributed by atoms with Crippen LogP contribution >= 0.6 is 34.8 Å². The van der Waals surface area contributed by atoms with Crippen LogP contribution in [0.1, 0.15) is 16.1 Å². The maximum atomic E-state index is 12.2. The van der Waals surface area contributed by atoms with Gasteiger partial charge in [0.05, 0.1) is 16.3 Å². The van der Waals surface area contributed by atoms with Gasteiger partial charge in [0, 0.05) is 10.4 Å². The minimum absolute atomic E-state index is 0.0473. The number of carbonyl (C=O) groups excluding carboxylic acids is 1. The zero-order chi connectivity index (χ0) is 19.4. The molecular formula is C19H11Cl3N2O3. The Balaban J connectivity index is 1.71. The van der Waals surface area contributed by atoms with Gasteiger partial charge in [0.2, 0.25) is 0 Å². The molecule has 0 aliphatic rings. The van der Waals surface area contributed by atoms with E-state index >= 15 is 0 Å². The third-order valence-corrected chi connectivity index (χ3v) is 4.20.